The topological polar surface area (TPSA) is 97.4 Å². The zero-order valence-corrected chi connectivity index (χ0v) is 21.4. The van der Waals surface area contributed by atoms with Gasteiger partial charge >= 0.3 is 5.97 Å². The second-order valence-corrected chi connectivity index (χ2v) is 10.1. The monoisotopic (exact) mass is 537 g/mol. The van der Waals surface area contributed by atoms with E-state index in [9.17, 15) is 14.4 Å². The van der Waals surface area contributed by atoms with E-state index >= 15 is 0 Å². The Hall–Kier alpha value is -2.59. The number of amides is 2. The van der Waals surface area contributed by atoms with Crippen LogP contribution >= 0.6 is 46.3 Å². The van der Waals surface area contributed by atoms with Crippen molar-refractivity contribution in [3.05, 3.63) is 69.1 Å². The van der Waals surface area contributed by atoms with E-state index in [0.717, 1.165) is 4.90 Å². The van der Waals surface area contributed by atoms with Crippen molar-refractivity contribution in [1.29, 1.82) is 0 Å². The number of carbonyl (C=O) groups excluding carboxylic acids is 3. The minimum Gasteiger partial charge on any atom is -0.466 e. The van der Waals surface area contributed by atoms with E-state index in [0.29, 0.717) is 33.7 Å². The number of thioether (sulfide) groups is 1. The first-order valence-electron chi connectivity index (χ1n) is 10.2. The number of halogens is 2. The maximum absolute atomic E-state index is 12.5. The number of anilines is 2. The van der Waals surface area contributed by atoms with Crippen LogP contribution in [-0.4, -0.2) is 34.6 Å². The van der Waals surface area contributed by atoms with Crippen molar-refractivity contribution >= 4 is 74.9 Å². The molecule has 1 atom stereocenters. The number of esters is 1. The Bertz CT molecular complexity index is 1190. The van der Waals surface area contributed by atoms with Crippen molar-refractivity contribution in [2.45, 2.75) is 30.4 Å². The van der Waals surface area contributed by atoms with Crippen LogP contribution in [0.2, 0.25) is 10.0 Å². The average molecular weight is 538 g/mol. The van der Waals surface area contributed by atoms with Crippen LogP contribution in [0, 0.1) is 0 Å². The van der Waals surface area contributed by atoms with E-state index < -0.39 is 5.25 Å². The lowest BCUT2D eigenvalue weighted by atomic mass is 10.2. The third-order valence-corrected chi connectivity index (χ3v) is 6.85. The highest BCUT2D eigenvalue weighted by atomic mass is 35.5. The molecule has 0 saturated heterocycles. The van der Waals surface area contributed by atoms with Gasteiger partial charge in [0, 0.05) is 21.0 Å². The molecule has 2 N–H and O–H groups in total. The predicted molar refractivity (Wildman–Crippen MR) is 137 cm³/mol. The molecular formula is C23H21Cl2N3O4S2. The highest BCUT2D eigenvalue weighted by Crippen LogP contribution is 2.27. The third kappa shape index (κ3) is 7.46. The summed E-state index contributed by atoms with van der Waals surface area (Å²) in [4.78, 5) is 41.6. The number of rotatable bonds is 9. The fourth-order valence-electron chi connectivity index (χ4n) is 2.76. The zero-order valence-electron chi connectivity index (χ0n) is 18.3. The van der Waals surface area contributed by atoms with Gasteiger partial charge in [0.25, 0.3) is 5.91 Å². The Morgan fingerprint density at radius 3 is 2.53 bits per heavy atom. The first-order valence-corrected chi connectivity index (χ1v) is 12.7. The summed E-state index contributed by atoms with van der Waals surface area (Å²) in [7, 11) is 0. The molecule has 1 aromatic heterocycles. The van der Waals surface area contributed by atoms with Gasteiger partial charge in [-0.3, -0.25) is 14.4 Å². The molecule has 3 rings (SSSR count). The van der Waals surface area contributed by atoms with Crippen LogP contribution < -0.4 is 10.6 Å². The van der Waals surface area contributed by atoms with Crippen LogP contribution in [-0.2, 0) is 20.7 Å². The molecule has 1 heterocycles. The van der Waals surface area contributed by atoms with Crippen molar-refractivity contribution < 1.29 is 19.1 Å². The molecule has 0 fully saturated rings. The van der Waals surface area contributed by atoms with Gasteiger partial charge in [0.15, 0.2) is 5.13 Å². The van der Waals surface area contributed by atoms with Crippen LogP contribution in [0.1, 0.15) is 29.9 Å². The molecule has 11 heteroatoms. The summed E-state index contributed by atoms with van der Waals surface area (Å²) in [6.45, 7) is 3.83. The first-order chi connectivity index (χ1) is 16.2. The smallest absolute Gasteiger partial charge is 0.311 e. The van der Waals surface area contributed by atoms with Crippen molar-refractivity contribution in [3.63, 3.8) is 0 Å². The molecule has 0 aliphatic rings. The van der Waals surface area contributed by atoms with Gasteiger partial charge in [-0.15, -0.1) is 23.1 Å². The van der Waals surface area contributed by atoms with Gasteiger partial charge < -0.3 is 15.4 Å². The summed E-state index contributed by atoms with van der Waals surface area (Å²) >= 11 is 14.6. The van der Waals surface area contributed by atoms with Gasteiger partial charge in [-0.05, 0) is 56.3 Å². The maximum atomic E-state index is 12.5. The van der Waals surface area contributed by atoms with E-state index in [-0.39, 0.29) is 29.2 Å². The van der Waals surface area contributed by atoms with E-state index in [1.54, 1.807) is 43.5 Å². The Kier molecular flexibility index (Phi) is 9.35. The Balaban J connectivity index is 1.52. The number of carbonyl (C=O) groups is 3. The van der Waals surface area contributed by atoms with Crippen LogP contribution in [0.5, 0.6) is 0 Å². The summed E-state index contributed by atoms with van der Waals surface area (Å²) in [6.07, 6.45) is 0.0671. The quantitative estimate of drug-likeness (QED) is 0.259. The highest BCUT2D eigenvalue weighted by molar-refractivity contribution is 8.00. The Morgan fingerprint density at radius 2 is 1.85 bits per heavy atom. The normalized spacial score (nSPS) is 11.5. The second-order valence-electron chi connectivity index (χ2n) is 6.98. The summed E-state index contributed by atoms with van der Waals surface area (Å²) in [5, 5.41) is 8.02. The second kappa shape index (κ2) is 12.2. The number of nitrogens with one attached hydrogen (secondary N) is 2. The van der Waals surface area contributed by atoms with E-state index in [1.807, 2.05) is 12.1 Å². The van der Waals surface area contributed by atoms with E-state index in [2.05, 4.69) is 15.6 Å². The fourth-order valence-corrected chi connectivity index (χ4v) is 4.83. The minimum atomic E-state index is -0.397. The predicted octanol–water partition coefficient (Wildman–Crippen LogP) is 5.93. The van der Waals surface area contributed by atoms with Crippen molar-refractivity contribution in [2.75, 3.05) is 17.2 Å². The molecule has 2 amide bonds. The lowest BCUT2D eigenvalue weighted by molar-refractivity contribution is -0.142. The number of aromatic nitrogens is 1. The summed E-state index contributed by atoms with van der Waals surface area (Å²) in [5.41, 5.74) is 1.47. The number of hydrogen-bond acceptors (Lipinski definition) is 7. The summed E-state index contributed by atoms with van der Waals surface area (Å²) in [5.74, 6) is -0.914. The number of thiazole rings is 1. The Morgan fingerprint density at radius 1 is 1.12 bits per heavy atom. The molecule has 7 nitrogen and oxygen atoms in total. The first kappa shape index (κ1) is 26.0. The molecule has 1 unspecified atom stereocenters. The molecule has 0 spiro atoms. The molecular weight excluding hydrogens is 517 g/mol. The molecule has 0 radical (unpaired) electrons. The Labute approximate surface area is 215 Å². The van der Waals surface area contributed by atoms with Gasteiger partial charge in [0.1, 0.15) is 0 Å². The van der Waals surface area contributed by atoms with Gasteiger partial charge in [-0.1, -0.05) is 23.2 Å². The third-order valence-electron chi connectivity index (χ3n) is 4.38. The van der Waals surface area contributed by atoms with Crippen molar-refractivity contribution in [3.8, 4) is 0 Å². The number of ether oxygens (including phenoxy) is 1. The van der Waals surface area contributed by atoms with Crippen LogP contribution in [0.25, 0.3) is 0 Å². The van der Waals surface area contributed by atoms with Gasteiger partial charge in [-0.2, -0.15) is 0 Å². The molecule has 0 saturated carbocycles. The lowest BCUT2D eigenvalue weighted by Crippen LogP contribution is -2.22. The van der Waals surface area contributed by atoms with Crippen molar-refractivity contribution in [1.82, 2.24) is 4.98 Å². The minimum absolute atomic E-state index is 0.0671. The van der Waals surface area contributed by atoms with Gasteiger partial charge in [0.2, 0.25) is 5.91 Å². The molecule has 0 bridgehead atoms. The molecule has 3 aromatic rings. The van der Waals surface area contributed by atoms with E-state index in [1.165, 1.54) is 29.2 Å². The van der Waals surface area contributed by atoms with Crippen molar-refractivity contribution in [2.24, 2.45) is 0 Å². The largest absolute Gasteiger partial charge is 0.466 e. The SMILES string of the molecule is CCOC(=O)Cc1csc(NC(=O)C(C)Sc2ccc(NC(=O)c3ccc(Cl)cc3Cl)cc2)n1. The average Bonchev–Trinajstić information content (AvgIpc) is 3.21. The van der Waals surface area contributed by atoms with Crippen LogP contribution in [0.3, 0.4) is 0 Å². The van der Waals surface area contributed by atoms with E-state index in [4.69, 9.17) is 27.9 Å². The van der Waals surface area contributed by atoms with Gasteiger partial charge in [0.05, 0.1) is 34.6 Å². The number of benzene rings is 2. The zero-order chi connectivity index (χ0) is 24.7. The molecule has 2 aromatic carbocycles. The number of hydrogen-bond donors (Lipinski definition) is 2. The van der Waals surface area contributed by atoms with Gasteiger partial charge in [-0.25, -0.2) is 4.98 Å². The summed E-state index contributed by atoms with van der Waals surface area (Å²) < 4.78 is 4.90. The summed E-state index contributed by atoms with van der Waals surface area (Å²) in [6, 6.07) is 11.8. The lowest BCUT2D eigenvalue weighted by Gasteiger charge is -2.11. The van der Waals surface area contributed by atoms with Crippen LogP contribution in [0.4, 0.5) is 10.8 Å². The highest BCUT2D eigenvalue weighted by Gasteiger charge is 2.17. The molecule has 178 valence electrons. The van der Waals surface area contributed by atoms with Crippen LogP contribution in [0.15, 0.2) is 52.7 Å². The standard InChI is InChI=1S/C23H21Cl2N3O4S2/c1-3-32-20(29)11-16-12-33-23(27-16)28-21(30)13(2)34-17-7-5-15(6-8-17)26-22(31)18-9-4-14(24)10-19(18)25/h4-10,12-13H,3,11H2,1-2H3,(H,26,31)(H,27,28,30). The fraction of sp³-hybridized carbons (Fsp3) is 0.217. The molecule has 0 aliphatic carbocycles. The molecule has 34 heavy (non-hydrogen) atoms. The maximum Gasteiger partial charge on any atom is 0.311 e. The molecule has 0 aliphatic heterocycles. The number of nitrogens with zero attached hydrogens (tertiary/aromatic N) is 1.